The second-order valence-electron chi connectivity index (χ2n) is 2.03. The van der Waals surface area contributed by atoms with Crippen molar-refractivity contribution in [2.24, 2.45) is 0 Å². The topological polar surface area (TPSA) is 0 Å². The Bertz CT molecular complexity index is 121. The lowest BCUT2D eigenvalue weighted by atomic mass is 10.2. The minimum Gasteiger partial charge on any atom is -0.0845 e. The van der Waals surface area contributed by atoms with E-state index in [0.29, 0.717) is 0 Å². The van der Waals surface area contributed by atoms with Gasteiger partial charge in [-0.05, 0) is 44.4 Å². The molecule has 0 radical (unpaired) electrons. The average molecular weight is 268 g/mol. The van der Waals surface area contributed by atoms with Gasteiger partial charge in [-0.25, -0.2) is 0 Å². The van der Waals surface area contributed by atoms with E-state index in [1.807, 2.05) is 6.08 Å². The maximum Gasteiger partial charge on any atom is 0.0603 e. The van der Waals surface area contributed by atoms with Crippen molar-refractivity contribution in [2.45, 2.75) is 26.2 Å². The molecule has 0 heterocycles. The van der Waals surface area contributed by atoms with E-state index < -0.39 is 0 Å². The highest BCUT2D eigenvalue weighted by Crippen LogP contribution is 2.12. The van der Waals surface area contributed by atoms with E-state index in [9.17, 15) is 0 Å². The molecule has 0 atom stereocenters. The predicted octanol–water partition coefficient (Wildman–Crippen LogP) is 4.36. The van der Waals surface area contributed by atoms with Crippen LogP contribution in [0.2, 0.25) is 0 Å². The number of rotatable bonds is 4. The zero-order valence-electron chi connectivity index (χ0n) is 6.11. The largest absolute Gasteiger partial charge is 0.0845 e. The Labute approximate surface area is 79.6 Å². The zero-order valence-corrected chi connectivity index (χ0v) is 9.28. The third-order valence-corrected chi connectivity index (χ3v) is 1.61. The molecule has 0 unspecified atom stereocenters. The summed E-state index contributed by atoms with van der Waals surface area (Å²) in [6.07, 6.45) is 9.93. The van der Waals surface area contributed by atoms with Crippen LogP contribution >= 0.6 is 31.9 Å². The van der Waals surface area contributed by atoms with Crippen LogP contribution in [-0.4, -0.2) is 0 Å². The molecule has 0 N–H and O–H groups in total. The Balaban J connectivity index is 3.29. The maximum atomic E-state index is 3.27. The third kappa shape index (κ3) is 8.44. The highest BCUT2D eigenvalue weighted by Gasteiger charge is 1.77. The van der Waals surface area contributed by atoms with Gasteiger partial charge in [0.1, 0.15) is 0 Å². The lowest BCUT2D eigenvalue weighted by molar-refractivity contribution is 0.815. The van der Waals surface area contributed by atoms with Crippen LogP contribution in [0.25, 0.3) is 0 Å². The summed E-state index contributed by atoms with van der Waals surface area (Å²) in [5.41, 5.74) is 0. The van der Waals surface area contributed by atoms with Gasteiger partial charge in [0.25, 0.3) is 0 Å². The molecule has 10 heavy (non-hydrogen) atoms. The minimum atomic E-state index is 0.993. The van der Waals surface area contributed by atoms with E-state index in [4.69, 9.17) is 0 Å². The number of unbranched alkanes of at least 4 members (excludes halogenated alkanes) is 2. The molecule has 0 aliphatic rings. The molecule has 0 amide bonds. The summed E-state index contributed by atoms with van der Waals surface area (Å²) in [4.78, 5) is 0. The van der Waals surface area contributed by atoms with Crippen LogP contribution in [0.1, 0.15) is 26.2 Å². The van der Waals surface area contributed by atoms with Crippen LogP contribution in [0.15, 0.2) is 21.6 Å². The Morgan fingerprint density at radius 1 is 1.40 bits per heavy atom. The molecular weight excluding hydrogens is 256 g/mol. The SMILES string of the molecule is CCCCC=CC=C(Br)Br. The fourth-order valence-electron chi connectivity index (χ4n) is 0.559. The van der Waals surface area contributed by atoms with Gasteiger partial charge in [-0.1, -0.05) is 31.9 Å². The normalized spacial score (nSPS) is 10.3. The first-order chi connectivity index (χ1) is 4.77. The van der Waals surface area contributed by atoms with Crippen LogP contribution in [-0.2, 0) is 0 Å². The van der Waals surface area contributed by atoms with Gasteiger partial charge in [-0.15, -0.1) is 0 Å². The molecular formula is C8H12Br2. The highest BCUT2D eigenvalue weighted by molar-refractivity contribution is 9.28. The van der Waals surface area contributed by atoms with Gasteiger partial charge in [0.15, 0.2) is 0 Å². The van der Waals surface area contributed by atoms with Crippen molar-refractivity contribution in [3.63, 3.8) is 0 Å². The van der Waals surface area contributed by atoms with Gasteiger partial charge in [-0.2, -0.15) is 0 Å². The number of hydrogen-bond acceptors (Lipinski definition) is 0. The van der Waals surface area contributed by atoms with Gasteiger partial charge in [0.2, 0.25) is 0 Å². The van der Waals surface area contributed by atoms with Crippen LogP contribution < -0.4 is 0 Å². The van der Waals surface area contributed by atoms with Crippen LogP contribution in [0.5, 0.6) is 0 Å². The van der Waals surface area contributed by atoms with E-state index in [-0.39, 0.29) is 0 Å². The average Bonchev–Trinajstić information content (AvgIpc) is 1.87. The first-order valence-electron chi connectivity index (χ1n) is 3.45. The molecule has 0 aliphatic carbocycles. The first kappa shape index (κ1) is 10.4. The quantitative estimate of drug-likeness (QED) is 0.524. The van der Waals surface area contributed by atoms with Crippen LogP contribution in [0, 0.1) is 0 Å². The molecule has 0 nitrogen and oxygen atoms in total. The second kappa shape index (κ2) is 7.55. The molecule has 0 aliphatic heterocycles. The van der Waals surface area contributed by atoms with Gasteiger partial charge < -0.3 is 0 Å². The fourth-order valence-corrected chi connectivity index (χ4v) is 0.864. The Kier molecular flexibility index (Phi) is 7.88. The number of halogens is 2. The predicted molar refractivity (Wildman–Crippen MR) is 54.6 cm³/mol. The van der Waals surface area contributed by atoms with Gasteiger partial charge >= 0.3 is 0 Å². The smallest absolute Gasteiger partial charge is 0.0603 e. The molecule has 0 saturated carbocycles. The van der Waals surface area contributed by atoms with Crippen molar-refractivity contribution in [1.29, 1.82) is 0 Å². The standard InChI is InChI=1S/C8H12Br2/c1-2-3-4-5-6-7-8(9)10/h5-7H,2-4H2,1H3. The van der Waals surface area contributed by atoms with Crippen molar-refractivity contribution in [2.75, 3.05) is 0 Å². The molecule has 0 rings (SSSR count). The minimum absolute atomic E-state index is 0.993. The molecule has 0 bridgehead atoms. The molecule has 0 saturated heterocycles. The monoisotopic (exact) mass is 266 g/mol. The van der Waals surface area contributed by atoms with Crippen molar-refractivity contribution < 1.29 is 0 Å². The Morgan fingerprint density at radius 2 is 2.10 bits per heavy atom. The summed E-state index contributed by atoms with van der Waals surface area (Å²) in [5, 5.41) is 0. The first-order valence-corrected chi connectivity index (χ1v) is 5.03. The van der Waals surface area contributed by atoms with Crippen LogP contribution in [0.3, 0.4) is 0 Å². The molecule has 2 heteroatoms. The number of allylic oxidation sites excluding steroid dienone is 3. The summed E-state index contributed by atoms with van der Waals surface area (Å²) in [7, 11) is 0. The van der Waals surface area contributed by atoms with Crippen molar-refractivity contribution in [3.8, 4) is 0 Å². The Morgan fingerprint density at radius 3 is 2.60 bits per heavy atom. The fraction of sp³-hybridized carbons (Fsp3) is 0.500. The lowest BCUT2D eigenvalue weighted by Crippen LogP contribution is -1.64. The number of hydrogen-bond donors (Lipinski definition) is 0. The van der Waals surface area contributed by atoms with E-state index in [2.05, 4.69) is 50.9 Å². The third-order valence-electron chi connectivity index (χ3n) is 1.08. The Hall–Kier alpha value is 0.440. The molecule has 0 aromatic carbocycles. The molecule has 0 aromatic heterocycles. The van der Waals surface area contributed by atoms with Crippen molar-refractivity contribution in [3.05, 3.63) is 21.6 Å². The molecule has 0 fully saturated rings. The highest BCUT2D eigenvalue weighted by atomic mass is 79.9. The van der Waals surface area contributed by atoms with E-state index in [1.54, 1.807) is 0 Å². The maximum absolute atomic E-state index is 3.27. The lowest BCUT2D eigenvalue weighted by Gasteiger charge is -1.85. The summed E-state index contributed by atoms with van der Waals surface area (Å²) in [6.45, 7) is 2.20. The molecule has 58 valence electrons. The van der Waals surface area contributed by atoms with Crippen molar-refractivity contribution in [1.82, 2.24) is 0 Å². The van der Waals surface area contributed by atoms with Crippen molar-refractivity contribution >= 4 is 31.9 Å². The van der Waals surface area contributed by atoms with E-state index >= 15 is 0 Å². The zero-order chi connectivity index (χ0) is 7.82. The second-order valence-corrected chi connectivity index (χ2v) is 4.80. The summed E-state index contributed by atoms with van der Waals surface area (Å²) in [6, 6.07) is 0. The van der Waals surface area contributed by atoms with Gasteiger partial charge in [0, 0.05) is 0 Å². The van der Waals surface area contributed by atoms with E-state index in [1.165, 1.54) is 19.3 Å². The molecule has 0 spiro atoms. The van der Waals surface area contributed by atoms with E-state index in [0.717, 1.165) is 3.39 Å². The van der Waals surface area contributed by atoms with Crippen LogP contribution in [0.4, 0.5) is 0 Å². The summed E-state index contributed by atoms with van der Waals surface area (Å²) >= 11 is 6.54. The summed E-state index contributed by atoms with van der Waals surface area (Å²) < 4.78 is 0.993. The molecule has 0 aromatic rings. The summed E-state index contributed by atoms with van der Waals surface area (Å²) in [5.74, 6) is 0. The van der Waals surface area contributed by atoms with Gasteiger partial charge in [-0.3, -0.25) is 0 Å². The van der Waals surface area contributed by atoms with Gasteiger partial charge in [0.05, 0.1) is 3.39 Å².